The van der Waals surface area contributed by atoms with Crippen LogP contribution in [0.3, 0.4) is 0 Å². The first kappa shape index (κ1) is 28.2. The van der Waals surface area contributed by atoms with Gasteiger partial charge in [-0.2, -0.15) is 0 Å². The molecular weight excluding hydrogens is 400 g/mol. The van der Waals surface area contributed by atoms with Crippen molar-refractivity contribution in [2.75, 3.05) is 26.4 Å². The van der Waals surface area contributed by atoms with Gasteiger partial charge >= 0.3 is 5.97 Å². The summed E-state index contributed by atoms with van der Waals surface area (Å²) in [6.45, 7) is 10.3. The smallest absolute Gasteiger partial charge is 0.333 e. The van der Waals surface area contributed by atoms with Gasteiger partial charge in [-0.05, 0) is 43.9 Å². The van der Waals surface area contributed by atoms with E-state index in [1.54, 1.807) is 6.92 Å². The lowest BCUT2D eigenvalue weighted by molar-refractivity contribution is -0.139. The van der Waals surface area contributed by atoms with Gasteiger partial charge in [-0.1, -0.05) is 83.4 Å². The van der Waals surface area contributed by atoms with Crippen molar-refractivity contribution in [1.29, 1.82) is 0 Å². The molecule has 0 aliphatic heterocycles. The van der Waals surface area contributed by atoms with Gasteiger partial charge in [0, 0.05) is 25.2 Å². The van der Waals surface area contributed by atoms with E-state index in [2.05, 4.69) is 37.8 Å². The summed E-state index contributed by atoms with van der Waals surface area (Å²) >= 11 is 0. The molecule has 0 aliphatic carbocycles. The van der Waals surface area contributed by atoms with Crippen molar-refractivity contribution in [2.24, 2.45) is 0 Å². The third-order valence-corrected chi connectivity index (χ3v) is 5.43. The molecule has 32 heavy (non-hydrogen) atoms. The Labute approximate surface area is 196 Å². The van der Waals surface area contributed by atoms with Crippen LogP contribution in [-0.4, -0.2) is 32.4 Å². The Hall–Kier alpha value is -1.81. The number of benzene rings is 1. The van der Waals surface area contributed by atoms with Crippen LogP contribution in [0.15, 0.2) is 36.4 Å². The molecule has 1 rings (SSSR count). The molecule has 1 aromatic carbocycles. The Morgan fingerprint density at radius 3 is 1.84 bits per heavy atom. The van der Waals surface area contributed by atoms with E-state index < -0.39 is 0 Å². The third-order valence-electron chi connectivity index (χ3n) is 5.43. The maximum Gasteiger partial charge on any atom is 0.333 e. The van der Waals surface area contributed by atoms with Crippen molar-refractivity contribution >= 4 is 5.97 Å². The van der Waals surface area contributed by atoms with E-state index in [0.29, 0.717) is 18.8 Å². The van der Waals surface area contributed by atoms with Gasteiger partial charge in [0.15, 0.2) is 0 Å². The van der Waals surface area contributed by atoms with Crippen LogP contribution in [0, 0.1) is 0 Å². The second-order valence-corrected chi connectivity index (χ2v) is 8.66. The highest BCUT2D eigenvalue weighted by atomic mass is 16.5. The molecule has 0 radical (unpaired) electrons. The number of aryl methyl sites for hydroxylation is 1. The number of hydrogen-bond donors (Lipinski definition) is 0. The summed E-state index contributed by atoms with van der Waals surface area (Å²) in [7, 11) is 0. The zero-order chi connectivity index (χ0) is 23.3. The zero-order valence-corrected chi connectivity index (χ0v) is 20.7. The SMILES string of the molecule is C=C(C)C(=O)OCCCCCCCCCCCCOCCCOc1ccc(CCC)cc1. The molecule has 4 heteroatoms. The number of carbonyl (C=O) groups excluding carboxylic acids is 1. The van der Waals surface area contributed by atoms with Gasteiger partial charge in [-0.3, -0.25) is 0 Å². The molecular formula is C28H46O4. The summed E-state index contributed by atoms with van der Waals surface area (Å²) in [6, 6.07) is 8.44. The molecule has 4 nitrogen and oxygen atoms in total. The lowest BCUT2D eigenvalue weighted by Gasteiger charge is -2.08. The molecule has 0 aliphatic rings. The second-order valence-electron chi connectivity index (χ2n) is 8.66. The van der Waals surface area contributed by atoms with Gasteiger partial charge < -0.3 is 14.2 Å². The van der Waals surface area contributed by atoms with Crippen molar-refractivity contribution in [3.8, 4) is 5.75 Å². The van der Waals surface area contributed by atoms with E-state index in [-0.39, 0.29) is 5.97 Å². The Bertz CT molecular complexity index is 594. The summed E-state index contributed by atoms with van der Waals surface area (Å²) < 4.78 is 16.6. The minimum Gasteiger partial charge on any atom is -0.494 e. The fourth-order valence-corrected chi connectivity index (χ4v) is 3.50. The van der Waals surface area contributed by atoms with Crippen LogP contribution in [0.2, 0.25) is 0 Å². The van der Waals surface area contributed by atoms with Crippen LogP contribution in [-0.2, 0) is 20.7 Å². The fraction of sp³-hybridized carbons (Fsp3) is 0.679. The molecule has 0 atom stereocenters. The predicted molar refractivity (Wildman–Crippen MR) is 133 cm³/mol. The molecule has 0 spiro atoms. The van der Waals surface area contributed by atoms with Crippen LogP contribution < -0.4 is 4.74 Å². The molecule has 0 aromatic heterocycles. The van der Waals surface area contributed by atoms with Gasteiger partial charge in [0.05, 0.1) is 13.2 Å². The maximum absolute atomic E-state index is 11.2. The quantitative estimate of drug-likeness (QED) is 0.112. The van der Waals surface area contributed by atoms with Crippen LogP contribution in [0.1, 0.15) is 96.5 Å². The summed E-state index contributed by atoms with van der Waals surface area (Å²) in [4.78, 5) is 11.2. The van der Waals surface area contributed by atoms with Gasteiger partial charge in [0.2, 0.25) is 0 Å². The summed E-state index contributed by atoms with van der Waals surface area (Å²) in [6.07, 6.45) is 15.5. The Morgan fingerprint density at radius 2 is 1.28 bits per heavy atom. The predicted octanol–water partition coefficient (Wildman–Crippen LogP) is 7.44. The van der Waals surface area contributed by atoms with E-state index in [1.807, 2.05) is 0 Å². The topological polar surface area (TPSA) is 44.8 Å². The molecule has 0 unspecified atom stereocenters. The van der Waals surface area contributed by atoms with Crippen molar-refractivity contribution in [3.05, 3.63) is 42.0 Å². The third kappa shape index (κ3) is 15.9. The molecule has 0 heterocycles. The molecule has 0 fully saturated rings. The van der Waals surface area contributed by atoms with Crippen LogP contribution in [0.5, 0.6) is 5.75 Å². The molecule has 182 valence electrons. The number of rotatable bonds is 21. The average molecular weight is 447 g/mol. The minimum absolute atomic E-state index is 0.270. The molecule has 1 aromatic rings. The van der Waals surface area contributed by atoms with E-state index >= 15 is 0 Å². The number of carbonyl (C=O) groups is 1. The maximum atomic E-state index is 11.2. The standard InChI is InChI=1S/C28H46O4/c1-4-16-26-17-19-27(20-18-26)31-24-15-22-30-21-13-11-9-7-5-6-8-10-12-14-23-32-28(29)25(2)3/h17-20H,2,4-16,21-24H2,1,3H3. The van der Waals surface area contributed by atoms with Crippen LogP contribution >= 0.6 is 0 Å². The first-order valence-electron chi connectivity index (χ1n) is 12.8. The van der Waals surface area contributed by atoms with Gasteiger partial charge in [-0.25, -0.2) is 4.79 Å². The molecule has 0 bridgehead atoms. The number of ether oxygens (including phenoxy) is 3. The molecule has 0 saturated carbocycles. The monoisotopic (exact) mass is 446 g/mol. The average Bonchev–Trinajstić information content (AvgIpc) is 2.79. The summed E-state index contributed by atoms with van der Waals surface area (Å²) in [5.74, 6) is 0.683. The van der Waals surface area contributed by atoms with Crippen LogP contribution in [0.4, 0.5) is 0 Å². The first-order valence-corrected chi connectivity index (χ1v) is 12.8. The van der Waals surface area contributed by atoms with Crippen LogP contribution in [0.25, 0.3) is 0 Å². The Balaban J connectivity index is 1.76. The minimum atomic E-state index is -0.270. The highest BCUT2D eigenvalue weighted by Gasteiger charge is 2.02. The van der Waals surface area contributed by atoms with Crippen molar-refractivity contribution < 1.29 is 19.0 Å². The Morgan fingerprint density at radius 1 is 0.750 bits per heavy atom. The lowest BCUT2D eigenvalue weighted by Crippen LogP contribution is -2.05. The Kier molecular flexibility index (Phi) is 17.5. The van der Waals surface area contributed by atoms with E-state index in [4.69, 9.17) is 14.2 Å². The number of hydrogen-bond acceptors (Lipinski definition) is 4. The van der Waals surface area contributed by atoms with E-state index in [0.717, 1.165) is 51.1 Å². The number of unbranched alkanes of at least 4 members (excludes halogenated alkanes) is 9. The zero-order valence-electron chi connectivity index (χ0n) is 20.7. The van der Waals surface area contributed by atoms with Crippen molar-refractivity contribution in [1.82, 2.24) is 0 Å². The second kappa shape index (κ2) is 19.8. The normalized spacial score (nSPS) is 10.8. The van der Waals surface area contributed by atoms with Crippen molar-refractivity contribution in [3.63, 3.8) is 0 Å². The summed E-state index contributed by atoms with van der Waals surface area (Å²) in [5.41, 5.74) is 1.85. The van der Waals surface area contributed by atoms with Gasteiger partial charge in [0.25, 0.3) is 0 Å². The van der Waals surface area contributed by atoms with E-state index in [9.17, 15) is 4.79 Å². The van der Waals surface area contributed by atoms with Gasteiger partial charge in [-0.15, -0.1) is 0 Å². The first-order chi connectivity index (χ1) is 15.6. The highest BCUT2D eigenvalue weighted by molar-refractivity contribution is 5.86. The lowest BCUT2D eigenvalue weighted by atomic mass is 10.1. The molecule has 0 amide bonds. The summed E-state index contributed by atoms with van der Waals surface area (Å²) in [5, 5.41) is 0. The van der Waals surface area contributed by atoms with E-state index in [1.165, 1.54) is 56.9 Å². The molecule has 0 saturated heterocycles. The molecule has 0 N–H and O–H groups in total. The fourth-order valence-electron chi connectivity index (χ4n) is 3.50. The highest BCUT2D eigenvalue weighted by Crippen LogP contribution is 2.14. The van der Waals surface area contributed by atoms with Gasteiger partial charge in [0.1, 0.15) is 5.75 Å². The van der Waals surface area contributed by atoms with Crippen molar-refractivity contribution in [2.45, 2.75) is 97.3 Å². The number of esters is 1. The largest absolute Gasteiger partial charge is 0.494 e.